The molecule has 2 rings (SSSR count). The highest BCUT2D eigenvalue weighted by Crippen LogP contribution is 2.27. The zero-order valence-corrected chi connectivity index (χ0v) is 12.0. The lowest BCUT2D eigenvalue weighted by Crippen LogP contribution is -2.32. The van der Waals surface area contributed by atoms with Crippen LogP contribution in [-0.2, 0) is 13.0 Å². The van der Waals surface area contributed by atoms with Gasteiger partial charge >= 0.3 is 0 Å². The lowest BCUT2D eigenvalue weighted by atomic mass is 9.98. The Bertz CT molecular complexity index is 387. The average Bonchev–Trinajstić information content (AvgIpc) is 2.44. The highest BCUT2D eigenvalue weighted by atomic mass is 15.1. The van der Waals surface area contributed by atoms with Crippen molar-refractivity contribution in [3.05, 3.63) is 29.3 Å². The van der Waals surface area contributed by atoms with Crippen molar-refractivity contribution in [2.75, 3.05) is 24.5 Å². The minimum Gasteiger partial charge on any atom is -0.371 e. The van der Waals surface area contributed by atoms with Crippen LogP contribution in [0.3, 0.4) is 0 Å². The third-order valence-electron chi connectivity index (χ3n) is 4.07. The quantitative estimate of drug-likeness (QED) is 0.858. The number of nitrogens with one attached hydrogen (secondary N) is 1. The second-order valence-electron chi connectivity index (χ2n) is 5.39. The fraction of sp³-hybridized carbons (Fsp3) is 0.625. The van der Waals surface area contributed by atoms with E-state index in [1.54, 1.807) is 0 Å². The first-order valence-electron chi connectivity index (χ1n) is 7.32. The first-order chi connectivity index (χ1) is 8.76. The maximum atomic E-state index is 3.50. The van der Waals surface area contributed by atoms with Gasteiger partial charge in [0.05, 0.1) is 0 Å². The molecule has 1 aliphatic heterocycles. The fourth-order valence-corrected chi connectivity index (χ4v) is 2.70. The summed E-state index contributed by atoms with van der Waals surface area (Å²) in [5.41, 5.74) is 4.50. The van der Waals surface area contributed by atoms with E-state index in [9.17, 15) is 0 Å². The summed E-state index contributed by atoms with van der Waals surface area (Å²) < 4.78 is 0. The summed E-state index contributed by atoms with van der Waals surface area (Å²) in [4.78, 5) is 2.54. The zero-order chi connectivity index (χ0) is 13.0. The minimum absolute atomic E-state index is 0.761. The van der Waals surface area contributed by atoms with Crippen molar-refractivity contribution in [1.29, 1.82) is 0 Å². The highest BCUT2D eigenvalue weighted by Gasteiger charge is 2.17. The van der Waals surface area contributed by atoms with E-state index in [1.807, 2.05) is 0 Å². The van der Waals surface area contributed by atoms with Crippen LogP contribution in [0.2, 0.25) is 0 Å². The molecule has 0 aromatic heterocycles. The minimum atomic E-state index is 0.761. The van der Waals surface area contributed by atoms with E-state index in [0.717, 1.165) is 25.6 Å². The Morgan fingerprint density at radius 2 is 2.17 bits per heavy atom. The van der Waals surface area contributed by atoms with Crippen molar-refractivity contribution in [2.24, 2.45) is 5.92 Å². The Hall–Kier alpha value is -1.02. The van der Waals surface area contributed by atoms with Crippen LogP contribution in [-0.4, -0.2) is 19.6 Å². The van der Waals surface area contributed by atoms with Gasteiger partial charge in [0, 0.05) is 25.3 Å². The maximum absolute atomic E-state index is 3.50. The lowest BCUT2D eigenvalue weighted by Gasteiger charge is -2.31. The molecule has 1 N–H and O–H groups in total. The number of nitrogens with zero attached hydrogens (tertiary/aromatic N) is 1. The second-order valence-corrected chi connectivity index (χ2v) is 5.39. The topological polar surface area (TPSA) is 15.3 Å². The predicted octanol–water partition coefficient (Wildman–Crippen LogP) is 3.20. The summed E-state index contributed by atoms with van der Waals surface area (Å²) >= 11 is 0. The maximum Gasteiger partial charge on any atom is 0.0414 e. The predicted molar refractivity (Wildman–Crippen MR) is 79.2 cm³/mol. The van der Waals surface area contributed by atoms with Gasteiger partial charge in [-0.1, -0.05) is 32.4 Å². The first kappa shape index (κ1) is 13.4. The van der Waals surface area contributed by atoms with Crippen LogP contribution >= 0.6 is 0 Å². The van der Waals surface area contributed by atoms with Gasteiger partial charge < -0.3 is 10.2 Å². The highest BCUT2D eigenvalue weighted by molar-refractivity contribution is 5.57. The number of hydrogen-bond acceptors (Lipinski definition) is 2. The number of benzene rings is 1. The molecular formula is C16H26N2. The molecule has 18 heavy (non-hydrogen) atoms. The Kier molecular flexibility index (Phi) is 4.65. The van der Waals surface area contributed by atoms with E-state index in [4.69, 9.17) is 0 Å². The molecule has 2 nitrogen and oxygen atoms in total. The summed E-state index contributed by atoms with van der Waals surface area (Å²) in [5.74, 6) is 0.761. The standard InChI is InChI=1S/C16H26N2/c1-4-13(3)12-18(5-2)16-8-6-7-14-9-10-17-11-15(14)16/h6-8,13,17H,4-5,9-12H2,1-3H3. The van der Waals surface area contributed by atoms with E-state index in [1.165, 1.54) is 36.2 Å². The molecule has 0 spiro atoms. The summed E-state index contributed by atoms with van der Waals surface area (Å²) in [5, 5.41) is 3.50. The molecule has 100 valence electrons. The van der Waals surface area contributed by atoms with E-state index in [2.05, 4.69) is 49.2 Å². The van der Waals surface area contributed by atoms with Gasteiger partial charge in [0.2, 0.25) is 0 Å². The Balaban J connectivity index is 2.24. The molecule has 0 aliphatic carbocycles. The van der Waals surface area contributed by atoms with Crippen LogP contribution in [0.1, 0.15) is 38.3 Å². The van der Waals surface area contributed by atoms with Gasteiger partial charge in [0.1, 0.15) is 0 Å². The van der Waals surface area contributed by atoms with E-state index >= 15 is 0 Å². The van der Waals surface area contributed by atoms with Crippen molar-refractivity contribution in [3.63, 3.8) is 0 Å². The Labute approximate surface area is 111 Å². The molecular weight excluding hydrogens is 220 g/mol. The van der Waals surface area contributed by atoms with Gasteiger partial charge in [-0.05, 0) is 43.0 Å². The molecule has 0 amide bonds. The molecule has 1 aromatic carbocycles. The number of rotatable bonds is 5. The van der Waals surface area contributed by atoms with Gasteiger partial charge in [-0.25, -0.2) is 0 Å². The van der Waals surface area contributed by atoms with Crippen molar-refractivity contribution in [1.82, 2.24) is 5.32 Å². The Morgan fingerprint density at radius 1 is 1.33 bits per heavy atom. The molecule has 0 saturated carbocycles. The second kappa shape index (κ2) is 6.24. The van der Waals surface area contributed by atoms with Crippen LogP contribution in [0.15, 0.2) is 18.2 Å². The molecule has 1 unspecified atom stereocenters. The van der Waals surface area contributed by atoms with E-state index in [0.29, 0.717) is 0 Å². The SMILES string of the molecule is CCC(C)CN(CC)c1cccc2c1CNCC2. The monoisotopic (exact) mass is 246 g/mol. The number of hydrogen-bond donors (Lipinski definition) is 1. The summed E-state index contributed by atoms with van der Waals surface area (Å²) in [6.07, 6.45) is 2.42. The van der Waals surface area contributed by atoms with Crippen LogP contribution in [0.4, 0.5) is 5.69 Å². The normalized spacial score (nSPS) is 16.2. The largest absolute Gasteiger partial charge is 0.371 e. The van der Waals surface area contributed by atoms with Crippen LogP contribution in [0.5, 0.6) is 0 Å². The molecule has 1 aliphatic rings. The molecule has 0 saturated heterocycles. The van der Waals surface area contributed by atoms with Crippen molar-refractivity contribution in [3.8, 4) is 0 Å². The third-order valence-corrected chi connectivity index (χ3v) is 4.07. The molecule has 1 heterocycles. The van der Waals surface area contributed by atoms with Crippen LogP contribution in [0, 0.1) is 5.92 Å². The summed E-state index contributed by atoms with van der Waals surface area (Å²) in [6.45, 7) is 11.3. The van der Waals surface area contributed by atoms with Crippen molar-refractivity contribution in [2.45, 2.75) is 40.2 Å². The average molecular weight is 246 g/mol. The van der Waals surface area contributed by atoms with Gasteiger partial charge in [0.15, 0.2) is 0 Å². The molecule has 1 aromatic rings. The van der Waals surface area contributed by atoms with Gasteiger partial charge in [-0.3, -0.25) is 0 Å². The fourth-order valence-electron chi connectivity index (χ4n) is 2.70. The van der Waals surface area contributed by atoms with Crippen molar-refractivity contribution >= 4 is 5.69 Å². The van der Waals surface area contributed by atoms with Gasteiger partial charge in [-0.2, -0.15) is 0 Å². The van der Waals surface area contributed by atoms with Crippen molar-refractivity contribution < 1.29 is 0 Å². The summed E-state index contributed by atoms with van der Waals surface area (Å²) in [7, 11) is 0. The molecule has 2 heteroatoms. The Morgan fingerprint density at radius 3 is 2.89 bits per heavy atom. The van der Waals surface area contributed by atoms with Crippen LogP contribution in [0.25, 0.3) is 0 Å². The third kappa shape index (κ3) is 2.86. The van der Waals surface area contributed by atoms with Gasteiger partial charge in [0.25, 0.3) is 0 Å². The number of fused-ring (bicyclic) bond motifs is 1. The van der Waals surface area contributed by atoms with Gasteiger partial charge in [-0.15, -0.1) is 0 Å². The number of anilines is 1. The van der Waals surface area contributed by atoms with Crippen LogP contribution < -0.4 is 10.2 Å². The zero-order valence-electron chi connectivity index (χ0n) is 12.0. The smallest absolute Gasteiger partial charge is 0.0414 e. The van der Waals surface area contributed by atoms with E-state index in [-0.39, 0.29) is 0 Å². The van der Waals surface area contributed by atoms with E-state index < -0.39 is 0 Å². The first-order valence-corrected chi connectivity index (χ1v) is 7.32. The molecule has 0 bridgehead atoms. The lowest BCUT2D eigenvalue weighted by molar-refractivity contribution is 0.545. The molecule has 0 fully saturated rings. The summed E-state index contributed by atoms with van der Waals surface area (Å²) in [6, 6.07) is 6.80. The molecule has 1 atom stereocenters. The molecule has 0 radical (unpaired) electrons.